The summed E-state index contributed by atoms with van der Waals surface area (Å²) in [4.78, 5) is 1.35. The predicted molar refractivity (Wildman–Crippen MR) is 69.2 cm³/mol. The fraction of sp³-hybridized carbons (Fsp3) is 0.455. The molecule has 2 nitrogen and oxygen atoms in total. The first-order valence-corrected chi connectivity index (χ1v) is 6.61. The number of thiophene rings is 1. The molecule has 1 heterocycles. The molecule has 0 bridgehead atoms. The van der Waals surface area contributed by atoms with Crippen molar-refractivity contribution < 1.29 is 4.74 Å². The molecule has 84 valence electrons. The van der Waals surface area contributed by atoms with Gasteiger partial charge in [0, 0.05) is 20.8 Å². The van der Waals surface area contributed by atoms with Gasteiger partial charge in [-0.25, -0.2) is 0 Å². The Labute approximate surface area is 103 Å². The molecule has 0 radical (unpaired) electrons. The Morgan fingerprint density at radius 3 is 3.13 bits per heavy atom. The minimum atomic E-state index is 0.407. The standard InChI is InChI=1S/C11H16BrNOS/c1-3-14-6-4-5-13-9(2)11-7-10(12)8-15-11/h3,7-9,13H,1,4-6H2,2H3. The summed E-state index contributed by atoms with van der Waals surface area (Å²) in [7, 11) is 0. The van der Waals surface area contributed by atoms with Crippen molar-refractivity contribution in [3.05, 3.63) is 33.6 Å². The van der Waals surface area contributed by atoms with Crippen LogP contribution in [0.2, 0.25) is 0 Å². The van der Waals surface area contributed by atoms with Crippen LogP contribution in [-0.2, 0) is 4.74 Å². The van der Waals surface area contributed by atoms with Crippen LogP contribution in [0.4, 0.5) is 0 Å². The molecule has 0 aromatic carbocycles. The lowest BCUT2D eigenvalue weighted by molar-refractivity contribution is 0.243. The maximum atomic E-state index is 5.04. The molecular weight excluding hydrogens is 274 g/mol. The number of hydrogen-bond acceptors (Lipinski definition) is 3. The van der Waals surface area contributed by atoms with Crippen molar-refractivity contribution in [1.82, 2.24) is 5.32 Å². The summed E-state index contributed by atoms with van der Waals surface area (Å²) in [6, 6.07) is 2.56. The van der Waals surface area contributed by atoms with E-state index in [1.54, 1.807) is 11.3 Å². The minimum Gasteiger partial charge on any atom is -0.502 e. The van der Waals surface area contributed by atoms with Crippen molar-refractivity contribution in [3.8, 4) is 0 Å². The molecule has 15 heavy (non-hydrogen) atoms. The van der Waals surface area contributed by atoms with E-state index < -0.39 is 0 Å². The van der Waals surface area contributed by atoms with Crippen molar-refractivity contribution >= 4 is 27.3 Å². The summed E-state index contributed by atoms with van der Waals surface area (Å²) in [5, 5.41) is 5.55. The molecule has 4 heteroatoms. The molecule has 0 fully saturated rings. The molecule has 0 saturated heterocycles. The van der Waals surface area contributed by atoms with Crippen LogP contribution in [-0.4, -0.2) is 13.2 Å². The Morgan fingerprint density at radius 1 is 1.73 bits per heavy atom. The van der Waals surface area contributed by atoms with Gasteiger partial charge in [0.2, 0.25) is 0 Å². The normalized spacial score (nSPS) is 12.4. The van der Waals surface area contributed by atoms with Gasteiger partial charge in [-0.2, -0.15) is 0 Å². The Morgan fingerprint density at radius 2 is 2.53 bits per heavy atom. The van der Waals surface area contributed by atoms with Crippen LogP contribution >= 0.6 is 27.3 Å². The second-order valence-corrected chi connectivity index (χ2v) is 5.09. The van der Waals surface area contributed by atoms with Gasteiger partial charge in [0.1, 0.15) is 0 Å². The third kappa shape index (κ3) is 4.82. The summed E-state index contributed by atoms with van der Waals surface area (Å²) in [5.74, 6) is 0. The molecule has 1 atom stereocenters. The van der Waals surface area contributed by atoms with Gasteiger partial charge in [0.25, 0.3) is 0 Å². The maximum absolute atomic E-state index is 5.04. The lowest BCUT2D eigenvalue weighted by Gasteiger charge is -2.11. The van der Waals surface area contributed by atoms with E-state index in [9.17, 15) is 0 Å². The Hall–Kier alpha value is -0.320. The molecule has 1 aromatic heterocycles. The summed E-state index contributed by atoms with van der Waals surface area (Å²) in [6.07, 6.45) is 2.49. The quantitative estimate of drug-likeness (QED) is 0.610. The molecule has 1 N–H and O–H groups in total. The minimum absolute atomic E-state index is 0.407. The summed E-state index contributed by atoms with van der Waals surface area (Å²) in [6.45, 7) is 7.37. The first-order valence-electron chi connectivity index (χ1n) is 4.94. The van der Waals surface area contributed by atoms with Crippen molar-refractivity contribution in [2.75, 3.05) is 13.2 Å². The summed E-state index contributed by atoms with van der Waals surface area (Å²) >= 11 is 5.22. The number of nitrogens with one attached hydrogen (secondary N) is 1. The van der Waals surface area contributed by atoms with Gasteiger partial charge in [-0.15, -0.1) is 11.3 Å². The lowest BCUT2D eigenvalue weighted by atomic mass is 10.2. The van der Waals surface area contributed by atoms with Crippen LogP contribution in [0.3, 0.4) is 0 Å². The van der Waals surface area contributed by atoms with Crippen LogP contribution < -0.4 is 5.32 Å². The van der Waals surface area contributed by atoms with Crippen LogP contribution in [0.1, 0.15) is 24.3 Å². The Balaban J connectivity index is 2.18. The monoisotopic (exact) mass is 289 g/mol. The van der Waals surface area contributed by atoms with Gasteiger partial charge < -0.3 is 10.1 Å². The summed E-state index contributed by atoms with van der Waals surface area (Å²) < 4.78 is 6.20. The number of halogens is 1. The second kappa shape index (κ2) is 7.04. The third-order valence-electron chi connectivity index (χ3n) is 2.02. The molecule has 1 rings (SSSR count). The predicted octanol–water partition coefficient (Wildman–Crippen LogP) is 3.71. The molecule has 0 aliphatic heterocycles. The molecule has 0 aliphatic rings. The van der Waals surface area contributed by atoms with Gasteiger partial charge >= 0.3 is 0 Å². The fourth-order valence-corrected chi connectivity index (χ4v) is 2.69. The maximum Gasteiger partial charge on any atom is 0.0885 e. The number of hydrogen-bond donors (Lipinski definition) is 1. The van der Waals surface area contributed by atoms with E-state index in [-0.39, 0.29) is 0 Å². The topological polar surface area (TPSA) is 21.3 Å². The SMILES string of the molecule is C=COCCCNC(C)c1cc(Br)cs1. The van der Waals surface area contributed by atoms with E-state index in [1.165, 1.54) is 11.1 Å². The average molecular weight is 290 g/mol. The molecule has 0 spiro atoms. The highest BCUT2D eigenvalue weighted by molar-refractivity contribution is 9.10. The zero-order chi connectivity index (χ0) is 11.1. The Bertz CT molecular complexity index is 301. The largest absolute Gasteiger partial charge is 0.502 e. The smallest absolute Gasteiger partial charge is 0.0885 e. The molecule has 0 saturated carbocycles. The van der Waals surface area contributed by atoms with Crippen molar-refractivity contribution in [2.45, 2.75) is 19.4 Å². The van der Waals surface area contributed by atoms with Gasteiger partial charge in [0.15, 0.2) is 0 Å². The van der Waals surface area contributed by atoms with Gasteiger partial charge in [0.05, 0.1) is 12.9 Å². The van der Waals surface area contributed by atoms with Crippen LogP contribution in [0.25, 0.3) is 0 Å². The van der Waals surface area contributed by atoms with E-state index in [0.29, 0.717) is 6.04 Å². The second-order valence-electron chi connectivity index (χ2n) is 3.23. The zero-order valence-electron chi connectivity index (χ0n) is 8.83. The third-order valence-corrected chi connectivity index (χ3v) is 3.90. The van der Waals surface area contributed by atoms with E-state index in [0.717, 1.165) is 24.0 Å². The van der Waals surface area contributed by atoms with Crippen LogP contribution in [0, 0.1) is 0 Å². The van der Waals surface area contributed by atoms with Gasteiger partial charge in [-0.05, 0) is 41.9 Å². The van der Waals surface area contributed by atoms with Crippen LogP contribution in [0.15, 0.2) is 28.8 Å². The highest BCUT2D eigenvalue weighted by Crippen LogP contribution is 2.25. The molecule has 1 aromatic rings. The van der Waals surface area contributed by atoms with E-state index >= 15 is 0 Å². The van der Waals surface area contributed by atoms with Gasteiger partial charge in [-0.3, -0.25) is 0 Å². The van der Waals surface area contributed by atoms with Crippen molar-refractivity contribution in [3.63, 3.8) is 0 Å². The first kappa shape index (κ1) is 12.7. The Kier molecular flexibility index (Phi) is 5.98. The molecule has 1 unspecified atom stereocenters. The fourth-order valence-electron chi connectivity index (χ4n) is 1.21. The average Bonchev–Trinajstić information content (AvgIpc) is 2.64. The molecule has 0 aliphatic carbocycles. The zero-order valence-corrected chi connectivity index (χ0v) is 11.2. The van der Waals surface area contributed by atoms with E-state index in [1.807, 2.05) is 0 Å². The van der Waals surface area contributed by atoms with Crippen molar-refractivity contribution in [2.24, 2.45) is 0 Å². The highest BCUT2D eigenvalue weighted by atomic mass is 79.9. The van der Waals surface area contributed by atoms with E-state index in [2.05, 4.69) is 46.2 Å². The van der Waals surface area contributed by atoms with Crippen molar-refractivity contribution in [1.29, 1.82) is 0 Å². The highest BCUT2D eigenvalue weighted by Gasteiger charge is 2.06. The summed E-state index contributed by atoms with van der Waals surface area (Å²) in [5.41, 5.74) is 0. The lowest BCUT2D eigenvalue weighted by Crippen LogP contribution is -2.19. The van der Waals surface area contributed by atoms with Crippen LogP contribution in [0.5, 0.6) is 0 Å². The number of ether oxygens (including phenoxy) is 1. The first-order chi connectivity index (χ1) is 7.24. The molecule has 0 amide bonds. The number of rotatable bonds is 7. The van der Waals surface area contributed by atoms with E-state index in [4.69, 9.17) is 4.74 Å². The van der Waals surface area contributed by atoms with Gasteiger partial charge in [-0.1, -0.05) is 6.58 Å². The molecular formula is C11H16BrNOS.